The number of hydrogen-bond donors (Lipinski definition) is 3. The Kier molecular flexibility index (Phi) is 2.43. The Balaban J connectivity index is 2.63. The van der Waals surface area contributed by atoms with Crippen molar-refractivity contribution in [2.45, 2.75) is 37.7 Å². The fourth-order valence-corrected chi connectivity index (χ4v) is 1.01. The molecule has 0 bridgehead atoms. The van der Waals surface area contributed by atoms with Crippen LogP contribution in [0.25, 0.3) is 0 Å². The summed E-state index contributed by atoms with van der Waals surface area (Å²) in [7, 11) is 0. The van der Waals surface area contributed by atoms with Crippen molar-refractivity contribution in [2.24, 2.45) is 0 Å². The van der Waals surface area contributed by atoms with Crippen LogP contribution >= 0.6 is 0 Å². The molecule has 0 aromatic heterocycles. The van der Waals surface area contributed by atoms with Gasteiger partial charge in [-0.1, -0.05) is 0 Å². The van der Waals surface area contributed by atoms with Crippen LogP contribution < -0.4 is 0 Å². The molecule has 0 aliphatic carbocycles. The molecule has 0 amide bonds. The molecule has 1 rings (SSSR count). The van der Waals surface area contributed by atoms with Crippen LogP contribution in [0.5, 0.6) is 0 Å². The summed E-state index contributed by atoms with van der Waals surface area (Å²) < 4.78 is 17.2. The zero-order chi connectivity index (χ0) is 8.59. The lowest BCUT2D eigenvalue weighted by Crippen LogP contribution is -2.54. The van der Waals surface area contributed by atoms with E-state index >= 15 is 0 Å². The molecule has 5 heteroatoms. The predicted molar refractivity (Wildman–Crippen MR) is 33.5 cm³/mol. The summed E-state index contributed by atoms with van der Waals surface area (Å²) >= 11 is 0. The summed E-state index contributed by atoms with van der Waals surface area (Å²) in [6.07, 6.45) is -7.14. The van der Waals surface area contributed by atoms with Gasteiger partial charge in [-0.2, -0.15) is 0 Å². The van der Waals surface area contributed by atoms with E-state index in [0.717, 1.165) is 0 Å². The molecule has 1 saturated heterocycles. The van der Waals surface area contributed by atoms with E-state index < -0.39 is 30.8 Å². The van der Waals surface area contributed by atoms with Crippen LogP contribution in [0.3, 0.4) is 0 Å². The van der Waals surface area contributed by atoms with Gasteiger partial charge in [0.05, 0.1) is 6.10 Å². The number of alkyl halides is 1. The fourth-order valence-electron chi connectivity index (χ4n) is 1.01. The van der Waals surface area contributed by atoms with Crippen molar-refractivity contribution < 1.29 is 24.4 Å². The minimum absolute atomic E-state index is 0.744. The van der Waals surface area contributed by atoms with E-state index in [1.54, 1.807) is 0 Å². The predicted octanol–water partition coefficient (Wildman–Crippen LogP) is -1.22. The zero-order valence-corrected chi connectivity index (χ0v) is 6.01. The van der Waals surface area contributed by atoms with Gasteiger partial charge in [0, 0.05) is 0 Å². The van der Waals surface area contributed by atoms with E-state index in [-0.39, 0.29) is 0 Å². The number of ether oxygens (including phenoxy) is 1. The Bertz CT molecular complexity index is 129. The van der Waals surface area contributed by atoms with Crippen LogP contribution in [0.15, 0.2) is 0 Å². The Hall–Kier alpha value is -0.230. The number of aliphatic hydroxyl groups excluding tert-OH is 3. The lowest BCUT2D eigenvalue weighted by atomic mass is 10.0. The third-order valence-corrected chi connectivity index (χ3v) is 1.78. The van der Waals surface area contributed by atoms with Gasteiger partial charge < -0.3 is 20.1 Å². The smallest absolute Gasteiger partial charge is 0.189 e. The SMILES string of the molecule is CC1O[C@H](O)[C@H](F)[C@H](O)[C@H]1O. The minimum Gasteiger partial charge on any atom is -0.388 e. The highest BCUT2D eigenvalue weighted by Crippen LogP contribution is 2.21. The average Bonchev–Trinajstić information content (AvgIpc) is 1.97. The zero-order valence-electron chi connectivity index (χ0n) is 6.01. The topological polar surface area (TPSA) is 69.9 Å². The maximum absolute atomic E-state index is 12.6. The van der Waals surface area contributed by atoms with E-state index in [1.165, 1.54) is 6.92 Å². The Labute approximate surface area is 63.2 Å². The molecule has 1 aliphatic heterocycles. The molecule has 0 radical (unpaired) electrons. The number of aliphatic hydroxyl groups is 3. The van der Waals surface area contributed by atoms with Crippen molar-refractivity contribution in [3.05, 3.63) is 0 Å². The first-order chi connectivity index (χ1) is 5.04. The van der Waals surface area contributed by atoms with E-state index in [0.29, 0.717) is 0 Å². The normalized spacial score (nSPS) is 52.6. The van der Waals surface area contributed by atoms with Crippen LogP contribution in [0.2, 0.25) is 0 Å². The van der Waals surface area contributed by atoms with E-state index in [4.69, 9.17) is 15.3 Å². The summed E-state index contributed by atoms with van der Waals surface area (Å²) in [5, 5.41) is 26.7. The van der Waals surface area contributed by atoms with Crippen molar-refractivity contribution in [3.8, 4) is 0 Å². The molecule has 0 spiro atoms. The van der Waals surface area contributed by atoms with E-state index in [2.05, 4.69) is 4.74 Å². The molecule has 5 atom stereocenters. The maximum Gasteiger partial charge on any atom is 0.189 e. The molecule has 4 nitrogen and oxygen atoms in total. The second-order valence-corrected chi connectivity index (χ2v) is 2.66. The van der Waals surface area contributed by atoms with Gasteiger partial charge in [-0.3, -0.25) is 0 Å². The Morgan fingerprint density at radius 3 is 2.27 bits per heavy atom. The molecule has 0 aromatic carbocycles. The van der Waals surface area contributed by atoms with Crippen molar-refractivity contribution in [2.75, 3.05) is 0 Å². The summed E-state index contributed by atoms with van der Waals surface area (Å²) in [5.41, 5.74) is 0. The van der Waals surface area contributed by atoms with E-state index in [1.807, 2.05) is 0 Å². The summed E-state index contributed by atoms with van der Waals surface area (Å²) in [5.74, 6) is 0. The highest BCUT2D eigenvalue weighted by Gasteiger charge is 2.42. The first-order valence-corrected chi connectivity index (χ1v) is 3.37. The monoisotopic (exact) mass is 166 g/mol. The standard InChI is InChI=1S/C6H11FO4/c1-2-4(8)5(9)3(7)6(10)11-2/h2-6,8-10H,1H3/t2?,3-,4+,5+,6+/m1/s1. The lowest BCUT2D eigenvalue weighted by molar-refractivity contribution is -0.261. The number of hydrogen-bond acceptors (Lipinski definition) is 4. The molecule has 1 unspecified atom stereocenters. The maximum atomic E-state index is 12.6. The highest BCUT2D eigenvalue weighted by molar-refractivity contribution is 4.86. The van der Waals surface area contributed by atoms with Crippen LogP contribution in [-0.4, -0.2) is 46.1 Å². The molecule has 1 fully saturated rings. The lowest BCUT2D eigenvalue weighted by Gasteiger charge is -2.35. The van der Waals surface area contributed by atoms with Crippen molar-refractivity contribution in [1.82, 2.24) is 0 Å². The van der Waals surface area contributed by atoms with Gasteiger partial charge in [0.2, 0.25) is 0 Å². The minimum atomic E-state index is -1.93. The molecular formula is C6H11FO4. The molecule has 0 saturated carbocycles. The third kappa shape index (κ3) is 1.51. The average molecular weight is 166 g/mol. The molecular weight excluding hydrogens is 155 g/mol. The summed E-state index contributed by atoms with van der Waals surface area (Å²) in [6.45, 7) is 1.45. The Morgan fingerprint density at radius 2 is 1.73 bits per heavy atom. The van der Waals surface area contributed by atoms with Gasteiger partial charge in [-0.05, 0) is 6.92 Å². The summed E-state index contributed by atoms with van der Waals surface area (Å²) in [6, 6.07) is 0. The van der Waals surface area contributed by atoms with Crippen molar-refractivity contribution >= 4 is 0 Å². The molecule has 1 aliphatic rings. The van der Waals surface area contributed by atoms with Crippen LogP contribution in [0.1, 0.15) is 6.92 Å². The van der Waals surface area contributed by atoms with Gasteiger partial charge in [0.1, 0.15) is 12.2 Å². The number of rotatable bonds is 0. The molecule has 11 heavy (non-hydrogen) atoms. The largest absolute Gasteiger partial charge is 0.388 e. The van der Waals surface area contributed by atoms with Gasteiger partial charge in [0.15, 0.2) is 12.5 Å². The van der Waals surface area contributed by atoms with Gasteiger partial charge >= 0.3 is 0 Å². The second kappa shape index (κ2) is 3.02. The van der Waals surface area contributed by atoms with Crippen LogP contribution in [-0.2, 0) is 4.74 Å². The molecule has 1 heterocycles. The second-order valence-electron chi connectivity index (χ2n) is 2.66. The van der Waals surface area contributed by atoms with Crippen molar-refractivity contribution in [3.63, 3.8) is 0 Å². The highest BCUT2D eigenvalue weighted by atomic mass is 19.1. The number of halogens is 1. The molecule has 0 aromatic rings. The quantitative estimate of drug-likeness (QED) is 0.422. The van der Waals surface area contributed by atoms with Gasteiger partial charge in [0.25, 0.3) is 0 Å². The van der Waals surface area contributed by atoms with Gasteiger partial charge in [-0.25, -0.2) is 4.39 Å². The Morgan fingerprint density at radius 1 is 1.18 bits per heavy atom. The first kappa shape index (κ1) is 8.86. The van der Waals surface area contributed by atoms with Gasteiger partial charge in [-0.15, -0.1) is 0 Å². The molecule has 66 valence electrons. The van der Waals surface area contributed by atoms with E-state index in [9.17, 15) is 4.39 Å². The fraction of sp³-hybridized carbons (Fsp3) is 1.00. The third-order valence-electron chi connectivity index (χ3n) is 1.78. The first-order valence-electron chi connectivity index (χ1n) is 3.37. The summed E-state index contributed by atoms with van der Waals surface area (Å²) in [4.78, 5) is 0. The molecule has 3 N–H and O–H groups in total. The van der Waals surface area contributed by atoms with Crippen LogP contribution in [0.4, 0.5) is 4.39 Å². The van der Waals surface area contributed by atoms with Crippen LogP contribution in [0, 0.1) is 0 Å². The van der Waals surface area contributed by atoms with Crippen molar-refractivity contribution in [1.29, 1.82) is 0 Å².